The van der Waals surface area contributed by atoms with Crippen LogP contribution in [0.25, 0.3) is 11.8 Å². The van der Waals surface area contributed by atoms with Gasteiger partial charge >= 0.3 is 0 Å². The van der Waals surface area contributed by atoms with Crippen LogP contribution in [-0.2, 0) is 0 Å². The molecule has 0 aliphatic rings. The van der Waals surface area contributed by atoms with Crippen LogP contribution in [0.15, 0.2) is 41.0 Å². The lowest BCUT2D eigenvalue weighted by molar-refractivity contribution is -0.400. The molecule has 0 amide bonds. The van der Waals surface area contributed by atoms with Gasteiger partial charge in [0.15, 0.2) is 0 Å². The van der Waals surface area contributed by atoms with Gasteiger partial charge in [-0.15, -0.1) is 0 Å². The molecule has 0 saturated carbocycles. The summed E-state index contributed by atoms with van der Waals surface area (Å²) in [6.45, 7) is 3.94. The van der Waals surface area contributed by atoms with Crippen LogP contribution in [0.3, 0.4) is 0 Å². The molecule has 1 aromatic carbocycles. The molecule has 2 aromatic rings. The Kier molecular flexibility index (Phi) is 3.85. The fraction of sp³-hybridized carbons (Fsp3) is 0.143. The van der Waals surface area contributed by atoms with E-state index in [1.807, 2.05) is 44.2 Å². The molecule has 98 valence electrons. The van der Waals surface area contributed by atoms with Crippen molar-refractivity contribution in [1.29, 1.82) is 0 Å². The number of nitro groups is 1. The lowest BCUT2D eigenvalue weighted by atomic mass is 10.2. The van der Waals surface area contributed by atoms with Crippen LogP contribution in [0, 0.1) is 24.0 Å². The number of halogens is 1. The molecular formula is C14H13BrN2O2. The summed E-state index contributed by atoms with van der Waals surface area (Å²) < 4.78 is 3.10. The van der Waals surface area contributed by atoms with Crippen molar-refractivity contribution in [3.63, 3.8) is 0 Å². The number of hydrogen-bond acceptors (Lipinski definition) is 2. The first kappa shape index (κ1) is 13.5. The number of hydrogen-bond donors (Lipinski definition) is 0. The van der Waals surface area contributed by atoms with Crippen molar-refractivity contribution in [1.82, 2.24) is 4.57 Å². The predicted octanol–water partition coefficient (Wildman–Crippen LogP) is 4.10. The first-order valence-corrected chi connectivity index (χ1v) is 6.55. The average Bonchev–Trinajstić information content (AvgIpc) is 2.63. The van der Waals surface area contributed by atoms with Crippen molar-refractivity contribution in [3.8, 4) is 5.69 Å². The first-order chi connectivity index (χ1) is 8.99. The molecule has 0 bridgehead atoms. The number of aromatic nitrogens is 1. The Hall–Kier alpha value is -1.88. The molecule has 5 heteroatoms. The van der Waals surface area contributed by atoms with Crippen LogP contribution in [0.2, 0.25) is 0 Å². The Balaban J connectivity index is 2.47. The van der Waals surface area contributed by atoms with Gasteiger partial charge in [-0.3, -0.25) is 10.1 Å². The number of benzene rings is 1. The minimum absolute atomic E-state index is 0.453. The van der Waals surface area contributed by atoms with Gasteiger partial charge in [0.25, 0.3) is 0 Å². The third-order valence-corrected chi connectivity index (χ3v) is 3.46. The quantitative estimate of drug-likeness (QED) is 0.631. The molecule has 2 rings (SSSR count). The zero-order valence-corrected chi connectivity index (χ0v) is 12.2. The van der Waals surface area contributed by atoms with E-state index in [-0.39, 0.29) is 0 Å². The Labute approximate surface area is 119 Å². The van der Waals surface area contributed by atoms with E-state index in [1.54, 1.807) is 0 Å². The Morgan fingerprint density at radius 3 is 2.47 bits per heavy atom. The van der Waals surface area contributed by atoms with Gasteiger partial charge in [-0.25, -0.2) is 0 Å². The molecule has 0 aliphatic heterocycles. The molecule has 0 spiro atoms. The second-order valence-corrected chi connectivity index (χ2v) is 5.16. The molecule has 0 radical (unpaired) electrons. The van der Waals surface area contributed by atoms with Crippen LogP contribution in [-0.4, -0.2) is 9.49 Å². The van der Waals surface area contributed by atoms with E-state index in [4.69, 9.17) is 0 Å². The third kappa shape index (κ3) is 2.93. The topological polar surface area (TPSA) is 48.1 Å². The van der Waals surface area contributed by atoms with E-state index >= 15 is 0 Å². The average molecular weight is 321 g/mol. The summed E-state index contributed by atoms with van der Waals surface area (Å²) in [5.74, 6) is 0. The van der Waals surface area contributed by atoms with Gasteiger partial charge in [-0.2, -0.15) is 0 Å². The zero-order valence-electron chi connectivity index (χ0n) is 10.6. The van der Waals surface area contributed by atoms with Crippen LogP contribution in [0.4, 0.5) is 0 Å². The van der Waals surface area contributed by atoms with Gasteiger partial charge in [0.1, 0.15) is 0 Å². The lowest BCUT2D eigenvalue weighted by Crippen LogP contribution is -1.98. The first-order valence-electron chi connectivity index (χ1n) is 5.75. The largest absolute Gasteiger partial charge is 0.318 e. The molecular weight excluding hydrogens is 308 g/mol. The highest BCUT2D eigenvalue weighted by atomic mass is 79.9. The second-order valence-electron chi connectivity index (χ2n) is 4.24. The maximum Gasteiger partial charge on any atom is 0.235 e. The fourth-order valence-electron chi connectivity index (χ4n) is 2.08. The maximum absolute atomic E-state index is 10.4. The third-order valence-electron chi connectivity index (χ3n) is 2.93. The number of nitrogens with zero attached hydrogens (tertiary/aromatic N) is 2. The maximum atomic E-state index is 10.4. The highest BCUT2D eigenvalue weighted by Gasteiger charge is 2.09. The fourth-order valence-corrected chi connectivity index (χ4v) is 2.35. The summed E-state index contributed by atoms with van der Waals surface area (Å²) in [6.07, 6.45) is 2.49. The lowest BCUT2D eigenvalue weighted by Gasteiger charge is -2.09. The van der Waals surface area contributed by atoms with Gasteiger partial charge in [-0.1, -0.05) is 15.9 Å². The second kappa shape index (κ2) is 5.40. The Morgan fingerprint density at radius 2 is 1.89 bits per heavy atom. The molecule has 0 saturated heterocycles. The summed E-state index contributed by atoms with van der Waals surface area (Å²) in [5, 5.41) is 10.4. The van der Waals surface area contributed by atoms with E-state index in [0.29, 0.717) is 0 Å². The van der Waals surface area contributed by atoms with Gasteiger partial charge in [-0.05, 0) is 44.2 Å². The van der Waals surface area contributed by atoms with Crippen molar-refractivity contribution in [2.24, 2.45) is 0 Å². The van der Waals surface area contributed by atoms with E-state index in [2.05, 4.69) is 20.5 Å². The van der Waals surface area contributed by atoms with Gasteiger partial charge < -0.3 is 4.57 Å². The summed E-state index contributed by atoms with van der Waals surface area (Å²) >= 11 is 3.41. The van der Waals surface area contributed by atoms with Crippen molar-refractivity contribution >= 4 is 22.0 Å². The highest BCUT2D eigenvalue weighted by molar-refractivity contribution is 9.10. The molecule has 0 aliphatic carbocycles. The van der Waals surface area contributed by atoms with Crippen molar-refractivity contribution in [2.45, 2.75) is 13.8 Å². The van der Waals surface area contributed by atoms with E-state index in [0.717, 1.165) is 33.3 Å². The van der Waals surface area contributed by atoms with Gasteiger partial charge in [0, 0.05) is 33.2 Å². The van der Waals surface area contributed by atoms with Crippen LogP contribution < -0.4 is 0 Å². The van der Waals surface area contributed by atoms with Crippen molar-refractivity contribution in [2.75, 3.05) is 0 Å². The molecule has 0 N–H and O–H groups in total. The Morgan fingerprint density at radius 1 is 1.26 bits per heavy atom. The summed E-state index contributed by atoms with van der Waals surface area (Å²) in [5.41, 5.74) is 3.93. The van der Waals surface area contributed by atoms with Crippen LogP contribution >= 0.6 is 15.9 Å². The summed E-state index contributed by atoms with van der Waals surface area (Å²) in [6, 6.07) is 9.90. The minimum Gasteiger partial charge on any atom is -0.318 e. The van der Waals surface area contributed by atoms with Gasteiger partial charge in [0.2, 0.25) is 6.20 Å². The van der Waals surface area contributed by atoms with Crippen molar-refractivity contribution < 1.29 is 4.92 Å². The van der Waals surface area contributed by atoms with Crippen LogP contribution in [0.1, 0.15) is 17.0 Å². The number of aryl methyl sites for hydroxylation is 1. The smallest absolute Gasteiger partial charge is 0.235 e. The molecule has 1 aromatic heterocycles. The summed E-state index contributed by atoms with van der Waals surface area (Å²) in [7, 11) is 0. The predicted molar refractivity (Wildman–Crippen MR) is 79.0 cm³/mol. The van der Waals surface area contributed by atoms with E-state index in [1.165, 1.54) is 6.08 Å². The normalized spacial score (nSPS) is 11.1. The molecule has 4 nitrogen and oxygen atoms in total. The van der Waals surface area contributed by atoms with Gasteiger partial charge in [0.05, 0.1) is 4.92 Å². The monoisotopic (exact) mass is 320 g/mol. The van der Waals surface area contributed by atoms with Crippen molar-refractivity contribution in [3.05, 3.63) is 68.1 Å². The van der Waals surface area contributed by atoms with E-state index < -0.39 is 4.92 Å². The SMILES string of the molecule is Cc1cc(/C=C/[N+](=O)[O-])c(C)n1-c1ccc(Br)cc1. The zero-order chi connectivity index (χ0) is 14.0. The molecule has 0 fully saturated rings. The molecule has 1 heterocycles. The molecule has 19 heavy (non-hydrogen) atoms. The highest BCUT2D eigenvalue weighted by Crippen LogP contribution is 2.23. The standard InChI is InChI=1S/C14H13BrN2O2/c1-10-9-12(7-8-16(18)19)11(2)17(10)14-5-3-13(15)4-6-14/h3-9H,1-2H3/b8-7+. The molecule has 0 unspecified atom stereocenters. The minimum atomic E-state index is -0.453. The summed E-state index contributed by atoms with van der Waals surface area (Å²) in [4.78, 5) is 9.94. The van der Waals surface area contributed by atoms with Crippen LogP contribution in [0.5, 0.6) is 0 Å². The Bertz CT molecular complexity index is 642. The number of rotatable bonds is 3. The molecule has 0 atom stereocenters. The van der Waals surface area contributed by atoms with E-state index in [9.17, 15) is 10.1 Å².